The van der Waals surface area contributed by atoms with Gasteiger partial charge < -0.3 is 14.4 Å². The highest BCUT2D eigenvalue weighted by Gasteiger charge is 2.29. The SMILES string of the molecule is COc1nccnc1CN(C)[C@H]1CCCN(C(=O)OC(C)(C)C)C1. The molecule has 7 nitrogen and oxygen atoms in total. The van der Waals surface area contributed by atoms with Gasteiger partial charge in [-0.3, -0.25) is 9.88 Å². The lowest BCUT2D eigenvalue weighted by Gasteiger charge is -2.38. The number of methoxy groups -OCH3 is 1. The smallest absolute Gasteiger partial charge is 0.410 e. The molecule has 1 aliphatic rings. The maximum atomic E-state index is 12.3. The van der Waals surface area contributed by atoms with Crippen LogP contribution in [0.2, 0.25) is 0 Å². The number of nitrogens with zero attached hydrogens (tertiary/aromatic N) is 4. The van der Waals surface area contributed by atoms with Gasteiger partial charge in [0.05, 0.1) is 7.11 Å². The summed E-state index contributed by atoms with van der Waals surface area (Å²) >= 11 is 0. The molecule has 0 unspecified atom stereocenters. The molecule has 1 aromatic rings. The number of aromatic nitrogens is 2. The van der Waals surface area contributed by atoms with Crippen LogP contribution in [0.15, 0.2) is 12.4 Å². The lowest BCUT2D eigenvalue weighted by Crippen LogP contribution is -2.49. The minimum atomic E-state index is -0.469. The van der Waals surface area contributed by atoms with E-state index in [4.69, 9.17) is 9.47 Å². The number of amides is 1. The number of rotatable bonds is 4. The van der Waals surface area contributed by atoms with Gasteiger partial charge in [-0.05, 0) is 40.7 Å². The van der Waals surface area contributed by atoms with Crippen LogP contribution in [0.3, 0.4) is 0 Å². The molecule has 0 aromatic carbocycles. The van der Waals surface area contributed by atoms with Crippen molar-refractivity contribution < 1.29 is 14.3 Å². The summed E-state index contributed by atoms with van der Waals surface area (Å²) in [5, 5.41) is 0. The second kappa shape index (κ2) is 7.79. The fourth-order valence-electron chi connectivity index (χ4n) is 2.81. The third-order valence-corrected chi connectivity index (χ3v) is 4.00. The average Bonchev–Trinajstić information content (AvgIpc) is 2.54. The van der Waals surface area contributed by atoms with Crippen molar-refractivity contribution in [2.24, 2.45) is 0 Å². The molecule has 0 radical (unpaired) electrons. The first-order valence-electron chi connectivity index (χ1n) is 8.32. The van der Waals surface area contributed by atoms with E-state index in [9.17, 15) is 4.79 Å². The predicted molar refractivity (Wildman–Crippen MR) is 90.9 cm³/mol. The van der Waals surface area contributed by atoms with Gasteiger partial charge in [-0.15, -0.1) is 0 Å². The Morgan fingerprint density at radius 3 is 2.75 bits per heavy atom. The molecular weight excluding hydrogens is 308 g/mol. The molecule has 2 heterocycles. The van der Waals surface area contributed by atoms with E-state index in [1.807, 2.05) is 27.8 Å². The topological polar surface area (TPSA) is 67.8 Å². The zero-order valence-corrected chi connectivity index (χ0v) is 15.3. The monoisotopic (exact) mass is 336 g/mol. The highest BCUT2D eigenvalue weighted by atomic mass is 16.6. The molecule has 0 bridgehead atoms. The number of carbonyl (C=O) groups is 1. The van der Waals surface area contributed by atoms with E-state index in [-0.39, 0.29) is 12.1 Å². The van der Waals surface area contributed by atoms with Gasteiger partial charge in [0.1, 0.15) is 11.3 Å². The molecule has 1 saturated heterocycles. The number of hydrogen-bond donors (Lipinski definition) is 0. The van der Waals surface area contributed by atoms with E-state index in [0.29, 0.717) is 19.0 Å². The van der Waals surface area contributed by atoms with Gasteiger partial charge in [0.25, 0.3) is 0 Å². The van der Waals surface area contributed by atoms with E-state index < -0.39 is 5.60 Å². The number of likely N-dealkylation sites (N-methyl/N-ethyl adjacent to an activating group) is 1. The molecule has 7 heteroatoms. The zero-order chi connectivity index (χ0) is 17.7. The number of ether oxygens (including phenoxy) is 2. The molecular formula is C17H28N4O3. The van der Waals surface area contributed by atoms with Crippen LogP contribution in [0.25, 0.3) is 0 Å². The van der Waals surface area contributed by atoms with E-state index in [1.54, 1.807) is 24.4 Å². The van der Waals surface area contributed by atoms with Crippen molar-refractivity contribution in [2.75, 3.05) is 27.2 Å². The summed E-state index contributed by atoms with van der Waals surface area (Å²) in [6, 6.07) is 0.262. The number of carbonyl (C=O) groups excluding carboxylic acids is 1. The van der Waals surface area contributed by atoms with Crippen LogP contribution in [0.5, 0.6) is 5.88 Å². The second-order valence-corrected chi connectivity index (χ2v) is 7.15. The Bertz CT molecular complexity index is 559. The van der Waals surface area contributed by atoms with Crippen molar-refractivity contribution in [2.45, 2.75) is 51.8 Å². The molecule has 24 heavy (non-hydrogen) atoms. The maximum Gasteiger partial charge on any atom is 0.410 e. The minimum Gasteiger partial charge on any atom is -0.480 e. The van der Waals surface area contributed by atoms with Gasteiger partial charge in [0.2, 0.25) is 5.88 Å². The Kier molecular flexibility index (Phi) is 5.99. The maximum absolute atomic E-state index is 12.3. The normalized spacial score (nSPS) is 18.6. The summed E-state index contributed by atoms with van der Waals surface area (Å²) < 4.78 is 10.7. The largest absolute Gasteiger partial charge is 0.480 e. The zero-order valence-electron chi connectivity index (χ0n) is 15.3. The van der Waals surface area contributed by atoms with E-state index >= 15 is 0 Å². The molecule has 0 spiro atoms. The quantitative estimate of drug-likeness (QED) is 0.840. The van der Waals surface area contributed by atoms with Crippen LogP contribution in [0, 0.1) is 0 Å². The number of likely N-dealkylation sites (tertiary alicyclic amines) is 1. The van der Waals surface area contributed by atoms with Gasteiger partial charge in [0.15, 0.2) is 0 Å². The van der Waals surface area contributed by atoms with E-state index in [2.05, 4.69) is 14.9 Å². The fraction of sp³-hybridized carbons (Fsp3) is 0.706. The Labute approximate surface area is 144 Å². The standard InChI is InChI=1S/C17H28N4O3/c1-17(2,3)24-16(22)21-10-6-7-13(11-21)20(4)12-14-15(23-5)19-9-8-18-14/h8-9,13H,6-7,10-12H2,1-5H3/t13-/m0/s1. The Balaban J connectivity index is 1.97. The molecule has 134 valence electrons. The third kappa shape index (κ3) is 5.06. The second-order valence-electron chi connectivity index (χ2n) is 7.15. The fourth-order valence-corrected chi connectivity index (χ4v) is 2.81. The molecule has 0 saturated carbocycles. The van der Waals surface area contributed by atoms with E-state index in [0.717, 1.165) is 25.1 Å². The van der Waals surface area contributed by atoms with Crippen molar-refractivity contribution in [1.82, 2.24) is 19.8 Å². The van der Waals surface area contributed by atoms with Gasteiger partial charge in [-0.2, -0.15) is 0 Å². The van der Waals surface area contributed by atoms with Crippen LogP contribution in [-0.2, 0) is 11.3 Å². The average molecular weight is 336 g/mol. The molecule has 1 amide bonds. The van der Waals surface area contributed by atoms with Crippen LogP contribution in [-0.4, -0.2) is 64.8 Å². The van der Waals surface area contributed by atoms with Crippen molar-refractivity contribution in [3.63, 3.8) is 0 Å². The van der Waals surface area contributed by atoms with Gasteiger partial charge in [-0.25, -0.2) is 9.78 Å². The highest BCUT2D eigenvalue weighted by Crippen LogP contribution is 2.21. The highest BCUT2D eigenvalue weighted by molar-refractivity contribution is 5.68. The lowest BCUT2D eigenvalue weighted by molar-refractivity contribution is 0.0119. The summed E-state index contributed by atoms with van der Waals surface area (Å²) in [4.78, 5) is 24.8. The van der Waals surface area contributed by atoms with Gasteiger partial charge in [0, 0.05) is 38.1 Å². The minimum absolute atomic E-state index is 0.238. The molecule has 1 fully saturated rings. The summed E-state index contributed by atoms with van der Waals surface area (Å²) in [5.41, 5.74) is 0.333. The van der Waals surface area contributed by atoms with E-state index in [1.165, 1.54) is 0 Å². The van der Waals surface area contributed by atoms with Crippen molar-refractivity contribution in [3.8, 4) is 5.88 Å². The number of piperidine rings is 1. The molecule has 1 aromatic heterocycles. The summed E-state index contributed by atoms with van der Waals surface area (Å²) in [7, 11) is 3.63. The molecule has 1 atom stereocenters. The van der Waals surface area contributed by atoms with Gasteiger partial charge in [-0.1, -0.05) is 0 Å². The van der Waals surface area contributed by atoms with Crippen LogP contribution in [0.1, 0.15) is 39.3 Å². The third-order valence-electron chi connectivity index (χ3n) is 4.00. The van der Waals surface area contributed by atoms with Crippen molar-refractivity contribution in [1.29, 1.82) is 0 Å². The summed E-state index contributed by atoms with van der Waals surface area (Å²) in [6.07, 6.45) is 5.05. The lowest BCUT2D eigenvalue weighted by atomic mass is 10.0. The molecule has 0 aliphatic carbocycles. The van der Waals surface area contributed by atoms with Crippen LogP contribution in [0.4, 0.5) is 4.79 Å². The first kappa shape index (κ1) is 18.4. The van der Waals surface area contributed by atoms with Crippen LogP contribution < -0.4 is 4.74 Å². The summed E-state index contributed by atoms with van der Waals surface area (Å²) in [5.74, 6) is 0.546. The Morgan fingerprint density at radius 1 is 1.38 bits per heavy atom. The Hall–Kier alpha value is -1.89. The summed E-state index contributed by atoms with van der Waals surface area (Å²) in [6.45, 7) is 7.70. The van der Waals surface area contributed by atoms with Crippen molar-refractivity contribution in [3.05, 3.63) is 18.1 Å². The molecule has 1 aliphatic heterocycles. The Morgan fingerprint density at radius 2 is 2.08 bits per heavy atom. The first-order chi connectivity index (χ1) is 11.3. The number of hydrogen-bond acceptors (Lipinski definition) is 6. The molecule has 2 rings (SSSR count). The van der Waals surface area contributed by atoms with Crippen molar-refractivity contribution >= 4 is 6.09 Å². The molecule has 0 N–H and O–H groups in total. The van der Waals surface area contributed by atoms with Crippen LogP contribution >= 0.6 is 0 Å². The van der Waals surface area contributed by atoms with Gasteiger partial charge >= 0.3 is 6.09 Å². The predicted octanol–water partition coefficient (Wildman–Crippen LogP) is 2.32. The first-order valence-corrected chi connectivity index (χ1v) is 8.32.